The van der Waals surface area contributed by atoms with Crippen LogP contribution in [0, 0.1) is 17.2 Å². The summed E-state index contributed by atoms with van der Waals surface area (Å²) in [6.45, 7) is 3.52. The van der Waals surface area contributed by atoms with Gasteiger partial charge in [0.2, 0.25) is 0 Å². The van der Waals surface area contributed by atoms with Gasteiger partial charge in [0.25, 0.3) is 0 Å². The fourth-order valence-corrected chi connectivity index (χ4v) is 2.29. The maximum Gasteiger partial charge on any atom is 0.313 e. The minimum atomic E-state index is -0.335. The maximum absolute atomic E-state index is 11.8. The van der Waals surface area contributed by atoms with E-state index in [9.17, 15) is 10.1 Å². The quantitative estimate of drug-likeness (QED) is 0.335. The summed E-state index contributed by atoms with van der Waals surface area (Å²) in [5.74, 6) is 0.812. The summed E-state index contributed by atoms with van der Waals surface area (Å²) in [6.07, 6.45) is 1.73. The molecule has 2 aromatic carbocycles. The number of ether oxygens (including phenoxy) is 3. The van der Waals surface area contributed by atoms with Gasteiger partial charge in [-0.3, -0.25) is 4.79 Å². The summed E-state index contributed by atoms with van der Waals surface area (Å²) in [6, 6.07) is 14.6. The summed E-state index contributed by atoms with van der Waals surface area (Å²) in [5.41, 5.74) is 1.90. The monoisotopic (exact) mass is 351 g/mol. The van der Waals surface area contributed by atoms with Crippen LogP contribution in [0.4, 0.5) is 0 Å². The molecule has 26 heavy (non-hydrogen) atoms. The van der Waals surface area contributed by atoms with Crippen molar-refractivity contribution >= 4 is 17.6 Å². The molecule has 0 fully saturated rings. The second-order valence-corrected chi connectivity index (χ2v) is 5.86. The van der Waals surface area contributed by atoms with Crippen LogP contribution in [0.1, 0.15) is 25.0 Å². The predicted molar refractivity (Wildman–Crippen MR) is 99.9 cm³/mol. The average Bonchev–Trinajstić information content (AvgIpc) is 2.66. The first kappa shape index (κ1) is 19.1. The summed E-state index contributed by atoms with van der Waals surface area (Å²) in [7, 11) is 3.07. The summed E-state index contributed by atoms with van der Waals surface area (Å²) < 4.78 is 16.0. The van der Waals surface area contributed by atoms with Crippen LogP contribution in [0.25, 0.3) is 11.6 Å². The molecule has 0 saturated heterocycles. The van der Waals surface area contributed by atoms with Gasteiger partial charge in [0.05, 0.1) is 31.8 Å². The Kier molecular flexibility index (Phi) is 6.40. The Morgan fingerprint density at radius 3 is 2.35 bits per heavy atom. The van der Waals surface area contributed by atoms with Crippen LogP contribution in [0.2, 0.25) is 0 Å². The first-order chi connectivity index (χ1) is 12.5. The largest absolute Gasteiger partial charge is 0.496 e. The van der Waals surface area contributed by atoms with Crippen LogP contribution < -0.4 is 14.2 Å². The minimum Gasteiger partial charge on any atom is -0.496 e. The van der Waals surface area contributed by atoms with E-state index in [1.54, 1.807) is 51.3 Å². The lowest BCUT2D eigenvalue weighted by atomic mass is 10.0. The highest BCUT2D eigenvalue weighted by molar-refractivity contribution is 5.92. The van der Waals surface area contributed by atoms with Crippen LogP contribution in [-0.2, 0) is 4.79 Å². The average molecular weight is 351 g/mol. The second kappa shape index (κ2) is 8.72. The van der Waals surface area contributed by atoms with E-state index < -0.39 is 0 Å². The number of carbonyl (C=O) groups excluding carboxylic acids is 1. The molecule has 0 amide bonds. The lowest BCUT2D eigenvalue weighted by molar-refractivity contribution is -0.137. The minimum absolute atomic E-state index is 0.241. The van der Waals surface area contributed by atoms with Crippen LogP contribution in [0.3, 0.4) is 0 Å². The molecular formula is C21H21NO4. The maximum atomic E-state index is 11.8. The molecule has 5 heteroatoms. The lowest BCUT2D eigenvalue weighted by Crippen LogP contribution is -2.15. The Hall–Kier alpha value is -3.26. The van der Waals surface area contributed by atoms with Crippen molar-refractivity contribution in [2.24, 2.45) is 5.92 Å². The van der Waals surface area contributed by atoms with E-state index in [2.05, 4.69) is 6.07 Å². The SMILES string of the molecule is COc1cc(/C=C(/C#N)c2ccccc2OC)ccc1OC(=O)C(C)C. The van der Waals surface area contributed by atoms with Gasteiger partial charge < -0.3 is 14.2 Å². The highest BCUT2D eigenvalue weighted by atomic mass is 16.6. The number of hydrogen-bond acceptors (Lipinski definition) is 5. The number of hydrogen-bond donors (Lipinski definition) is 0. The zero-order chi connectivity index (χ0) is 19.1. The molecule has 2 aromatic rings. The smallest absolute Gasteiger partial charge is 0.313 e. The molecule has 134 valence electrons. The molecule has 0 spiro atoms. The molecule has 0 aliphatic heterocycles. The van der Waals surface area contributed by atoms with Crippen molar-refractivity contribution in [3.63, 3.8) is 0 Å². The number of methoxy groups -OCH3 is 2. The zero-order valence-electron chi connectivity index (χ0n) is 15.3. The topological polar surface area (TPSA) is 68.6 Å². The van der Waals surface area contributed by atoms with Gasteiger partial charge in [0, 0.05) is 5.56 Å². The Bertz CT molecular complexity index is 863. The van der Waals surface area contributed by atoms with Crippen molar-refractivity contribution < 1.29 is 19.0 Å². The van der Waals surface area contributed by atoms with Crippen molar-refractivity contribution in [3.05, 3.63) is 53.6 Å². The van der Waals surface area contributed by atoms with Gasteiger partial charge in [-0.25, -0.2) is 0 Å². The highest BCUT2D eigenvalue weighted by Gasteiger charge is 2.14. The van der Waals surface area contributed by atoms with E-state index in [0.717, 1.165) is 5.56 Å². The van der Waals surface area contributed by atoms with E-state index in [0.29, 0.717) is 28.4 Å². The van der Waals surface area contributed by atoms with E-state index in [1.165, 1.54) is 7.11 Å². The van der Waals surface area contributed by atoms with E-state index >= 15 is 0 Å². The number of carbonyl (C=O) groups is 1. The van der Waals surface area contributed by atoms with E-state index in [-0.39, 0.29) is 11.9 Å². The number of esters is 1. The fourth-order valence-electron chi connectivity index (χ4n) is 2.29. The van der Waals surface area contributed by atoms with E-state index in [1.807, 2.05) is 18.2 Å². The number of nitriles is 1. The van der Waals surface area contributed by atoms with Crippen LogP contribution in [-0.4, -0.2) is 20.2 Å². The Morgan fingerprint density at radius 2 is 1.73 bits per heavy atom. The van der Waals surface area contributed by atoms with Gasteiger partial charge >= 0.3 is 5.97 Å². The fraction of sp³-hybridized carbons (Fsp3) is 0.238. The normalized spacial score (nSPS) is 11.0. The standard InChI is InChI=1S/C21H21NO4/c1-14(2)21(23)26-19-10-9-15(12-20(19)25-4)11-16(13-22)17-7-5-6-8-18(17)24-3/h5-12,14H,1-4H3/b16-11-. The van der Waals surface area contributed by atoms with Crippen molar-refractivity contribution in [2.45, 2.75) is 13.8 Å². The summed E-state index contributed by atoms with van der Waals surface area (Å²) in [5, 5.41) is 9.55. The molecule has 0 aromatic heterocycles. The van der Waals surface area contributed by atoms with Crippen molar-refractivity contribution in [3.8, 4) is 23.3 Å². The lowest BCUT2D eigenvalue weighted by Gasteiger charge is -2.12. The molecule has 0 radical (unpaired) electrons. The Morgan fingerprint density at radius 1 is 1.04 bits per heavy atom. The van der Waals surface area contributed by atoms with Crippen molar-refractivity contribution in [2.75, 3.05) is 14.2 Å². The molecule has 0 aliphatic rings. The van der Waals surface area contributed by atoms with Crippen molar-refractivity contribution in [1.82, 2.24) is 0 Å². The van der Waals surface area contributed by atoms with E-state index in [4.69, 9.17) is 14.2 Å². The van der Waals surface area contributed by atoms with Crippen LogP contribution in [0.5, 0.6) is 17.2 Å². The molecule has 0 N–H and O–H groups in total. The molecule has 0 saturated carbocycles. The third kappa shape index (κ3) is 4.42. The third-order valence-electron chi connectivity index (χ3n) is 3.70. The number of rotatable bonds is 6. The second-order valence-electron chi connectivity index (χ2n) is 5.86. The third-order valence-corrected chi connectivity index (χ3v) is 3.70. The first-order valence-electron chi connectivity index (χ1n) is 8.15. The van der Waals surface area contributed by atoms with Crippen LogP contribution in [0.15, 0.2) is 42.5 Å². The zero-order valence-corrected chi connectivity index (χ0v) is 15.3. The number of benzene rings is 2. The molecule has 0 heterocycles. The van der Waals surface area contributed by atoms with Gasteiger partial charge in [-0.1, -0.05) is 32.0 Å². The van der Waals surface area contributed by atoms with Gasteiger partial charge in [0.1, 0.15) is 5.75 Å². The first-order valence-corrected chi connectivity index (χ1v) is 8.15. The number of allylic oxidation sites excluding steroid dienone is 1. The molecule has 0 unspecified atom stereocenters. The van der Waals surface area contributed by atoms with Crippen LogP contribution >= 0.6 is 0 Å². The highest BCUT2D eigenvalue weighted by Crippen LogP contribution is 2.32. The molecule has 0 atom stereocenters. The Labute approximate surface area is 153 Å². The van der Waals surface area contributed by atoms with Crippen molar-refractivity contribution in [1.29, 1.82) is 5.26 Å². The van der Waals surface area contributed by atoms with Gasteiger partial charge in [-0.15, -0.1) is 0 Å². The number of nitrogens with zero attached hydrogens (tertiary/aromatic N) is 1. The number of para-hydroxylation sites is 1. The van der Waals surface area contributed by atoms with Gasteiger partial charge in [0.15, 0.2) is 11.5 Å². The summed E-state index contributed by atoms with van der Waals surface area (Å²) >= 11 is 0. The molecule has 5 nitrogen and oxygen atoms in total. The van der Waals surface area contributed by atoms with Gasteiger partial charge in [-0.05, 0) is 35.9 Å². The molecule has 2 rings (SSSR count). The Balaban J connectivity index is 2.40. The van der Waals surface area contributed by atoms with Gasteiger partial charge in [-0.2, -0.15) is 5.26 Å². The predicted octanol–water partition coefficient (Wildman–Crippen LogP) is 4.33. The molecular weight excluding hydrogens is 330 g/mol. The molecule has 0 aliphatic carbocycles. The summed E-state index contributed by atoms with van der Waals surface area (Å²) in [4.78, 5) is 11.8. The molecule has 0 bridgehead atoms.